The molecule has 0 aromatic heterocycles. The summed E-state index contributed by atoms with van der Waals surface area (Å²) in [7, 11) is -3.47. The van der Waals surface area contributed by atoms with Crippen molar-refractivity contribution in [3.8, 4) is 5.75 Å². The molecule has 0 saturated heterocycles. The zero-order valence-electron chi connectivity index (χ0n) is 14.2. The Kier molecular flexibility index (Phi) is 5.52. The van der Waals surface area contributed by atoms with Gasteiger partial charge in [0.25, 0.3) is 5.91 Å². The summed E-state index contributed by atoms with van der Waals surface area (Å²) in [6.45, 7) is 2.05. The van der Waals surface area contributed by atoms with Gasteiger partial charge in [0.1, 0.15) is 5.75 Å². The largest absolute Gasteiger partial charge is 0.493 e. The number of fused-ring (bicyclic) bond motifs is 1. The summed E-state index contributed by atoms with van der Waals surface area (Å²) in [6.07, 6.45) is 0.637. The van der Waals surface area contributed by atoms with E-state index in [-0.39, 0.29) is 29.0 Å². The van der Waals surface area contributed by atoms with Crippen LogP contribution in [0.25, 0.3) is 0 Å². The molecular formula is C18H19BrN2O4S. The van der Waals surface area contributed by atoms with Crippen molar-refractivity contribution < 1.29 is 17.9 Å². The second kappa shape index (κ2) is 7.67. The highest BCUT2D eigenvalue weighted by Crippen LogP contribution is 2.34. The first-order chi connectivity index (χ1) is 12.4. The fourth-order valence-electron chi connectivity index (χ4n) is 2.76. The fourth-order valence-corrected chi connectivity index (χ4v) is 3.80. The van der Waals surface area contributed by atoms with Crippen LogP contribution in [0.3, 0.4) is 0 Å². The summed E-state index contributed by atoms with van der Waals surface area (Å²) in [5.74, 6) is 0.339. The molecule has 3 rings (SSSR count). The molecule has 0 bridgehead atoms. The number of carbonyl (C=O) groups is 1. The average molecular weight is 439 g/mol. The molecule has 0 radical (unpaired) electrons. The minimum atomic E-state index is -3.47. The molecule has 26 heavy (non-hydrogen) atoms. The second-order valence-corrected chi connectivity index (χ2v) is 8.82. The lowest BCUT2D eigenvalue weighted by Gasteiger charge is -2.27. The van der Waals surface area contributed by atoms with E-state index in [2.05, 4.69) is 26.0 Å². The molecular weight excluding hydrogens is 420 g/mol. The molecule has 2 N–H and O–H groups in total. The molecule has 1 heterocycles. The lowest BCUT2D eigenvalue weighted by atomic mass is 10.00. The lowest BCUT2D eigenvalue weighted by Crippen LogP contribution is -2.32. The Morgan fingerprint density at radius 3 is 2.81 bits per heavy atom. The van der Waals surface area contributed by atoms with Gasteiger partial charge in [-0.25, -0.2) is 8.42 Å². The highest BCUT2D eigenvalue weighted by Gasteiger charge is 2.25. The van der Waals surface area contributed by atoms with E-state index in [1.54, 1.807) is 31.2 Å². The Labute approximate surface area is 161 Å². The maximum atomic E-state index is 12.8. The standard InChI is InChI=1S/C18H19BrN2O4S/c1-2-26(23,24)21-16-6-4-3-5-13(16)18(22)20-15-9-10-25-17-8-7-12(19)11-14(15)17/h3-8,11,15,21H,2,9-10H2,1H3,(H,20,22). The topological polar surface area (TPSA) is 84.5 Å². The summed E-state index contributed by atoms with van der Waals surface area (Å²) in [5.41, 5.74) is 1.45. The number of anilines is 1. The van der Waals surface area contributed by atoms with Crippen molar-refractivity contribution in [1.82, 2.24) is 5.32 Å². The summed E-state index contributed by atoms with van der Waals surface area (Å²) < 4.78 is 32.7. The number of para-hydroxylation sites is 1. The quantitative estimate of drug-likeness (QED) is 0.748. The molecule has 1 unspecified atom stereocenters. The Morgan fingerprint density at radius 2 is 2.04 bits per heavy atom. The van der Waals surface area contributed by atoms with Gasteiger partial charge in [-0.15, -0.1) is 0 Å². The van der Waals surface area contributed by atoms with E-state index >= 15 is 0 Å². The monoisotopic (exact) mass is 438 g/mol. The lowest BCUT2D eigenvalue weighted by molar-refractivity contribution is 0.0925. The van der Waals surface area contributed by atoms with Crippen LogP contribution >= 0.6 is 15.9 Å². The number of rotatable bonds is 5. The van der Waals surface area contributed by atoms with Gasteiger partial charge in [-0.1, -0.05) is 28.1 Å². The van der Waals surface area contributed by atoms with E-state index in [0.717, 1.165) is 15.8 Å². The van der Waals surface area contributed by atoms with Gasteiger partial charge in [-0.05, 0) is 37.3 Å². The molecule has 0 spiro atoms. The van der Waals surface area contributed by atoms with Crippen molar-refractivity contribution in [2.24, 2.45) is 0 Å². The van der Waals surface area contributed by atoms with Gasteiger partial charge in [-0.3, -0.25) is 9.52 Å². The molecule has 1 amide bonds. The third-order valence-electron chi connectivity index (χ3n) is 4.13. The highest BCUT2D eigenvalue weighted by atomic mass is 79.9. The van der Waals surface area contributed by atoms with Crippen LogP contribution in [0.15, 0.2) is 46.9 Å². The van der Waals surface area contributed by atoms with E-state index in [4.69, 9.17) is 4.74 Å². The SMILES string of the molecule is CCS(=O)(=O)Nc1ccccc1C(=O)NC1CCOc2ccc(Br)cc21. The number of ether oxygens (including phenoxy) is 1. The predicted molar refractivity (Wildman–Crippen MR) is 104 cm³/mol. The number of benzene rings is 2. The van der Waals surface area contributed by atoms with Gasteiger partial charge < -0.3 is 10.1 Å². The summed E-state index contributed by atoms with van der Waals surface area (Å²) in [4.78, 5) is 12.8. The second-order valence-electron chi connectivity index (χ2n) is 5.90. The van der Waals surface area contributed by atoms with Crippen molar-refractivity contribution in [2.75, 3.05) is 17.1 Å². The highest BCUT2D eigenvalue weighted by molar-refractivity contribution is 9.10. The van der Waals surface area contributed by atoms with Gasteiger partial charge in [0.05, 0.1) is 29.7 Å². The van der Waals surface area contributed by atoms with Crippen molar-refractivity contribution >= 4 is 37.5 Å². The summed E-state index contributed by atoms with van der Waals surface area (Å²) in [5, 5.41) is 2.99. The molecule has 8 heteroatoms. The third-order valence-corrected chi connectivity index (χ3v) is 5.92. The molecule has 6 nitrogen and oxygen atoms in total. The molecule has 1 aliphatic heterocycles. The predicted octanol–water partition coefficient (Wildman–Crippen LogP) is 3.46. The van der Waals surface area contributed by atoms with E-state index in [1.807, 2.05) is 18.2 Å². The molecule has 0 aliphatic carbocycles. The maximum absolute atomic E-state index is 12.8. The Bertz CT molecular complexity index is 931. The van der Waals surface area contributed by atoms with Crippen LogP contribution in [0.2, 0.25) is 0 Å². The molecule has 2 aromatic carbocycles. The Morgan fingerprint density at radius 1 is 1.27 bits per heavy atom. The van der Waals surface area contributed by atoms with Crippen molar-refractivity contribution in [3.63, 3.8) is 0 Å². The molecule has 138 valence electrons. The molecule has 0 saturated carbocycles. The smallest absolute Gasteiger partial charge is 0.253 e. The fraction of sp³-hybridized carbons (Fsp3) is 0.278. The van der Waals surface area contributed by atoms with Gasteiger partial charge in [-0.2, -0.15) is 0 Å². The zero-order valence-corrected chi connectivity index (χ0v) is 16.6. The maximum Gasteiger partial charge on any atom is 0.253 e. The van der Waals surface area contributed by atoms with Gasteiger partial charge in [0.15, 0.2) is 0 Å². The first-order valence-corrected chi connectivity index (χ1v) is 10.7. The molecule has 2 aromatic rings. The minimum absolute atomic E-state index is 0.0652. The first kappa shape index (κ1) is 18.7. The number of halogens is 1. The van der Waals surface area contributed by atoms with Crippen LogP contribution in [0, 0.1) is 0 Å². The van der Waals surface area contributed by atoms with Crippen molar-refractivity contribution in [3.05, 3.63) is 58.1 Å². The Hall–Kier alpha value is -2.06. The van der Waals surface area contributed by atoms with Crippen molar-refractivity contribution in [1.29, 1.82) is 0 Å². The number of nitrogens with one attached hydrogen (secondary N) is 2. The van der Waals surface area contributed by atoms with Crippen LogP contribution in [0.1, 0.15) is 35.3 Å². The number of sulfonamides is 1. The van der Waals surface area contributed by atoms with E-state index in [1.165, 1.54) is 0 Å². The molecule has 1 aliphatic rings. The summed E-state index contributed by atoms with van der Waals surface area (Å²) in [6, 6.07) is 12.0. The molecule has 0 fully saturated rings. The van der Waals surface area contributed by atoms with Crippen LogP contribution in [-0.2, 0) is 10.0 Å². The van der Waals surface area contributed by atoms with Gasteiger partial charge >= 0.3 is 0 Å². The number of hydrogen-bond donors (Lipinski definition) is 2. The normalized spacial score (nSPS) is 16.3. The Balaban J connectivity index is 1.85. The van der Waals surface area contributed by atoms with Gasteiger partial charge in [0.2, 0.25) is 10.0 Å². The number of amides is 1. The first-order valence-electron chi connectivity index (χ1n) is 8.22. The number of carbonyl (C=O) groups excluding carboxylic acids is 1. The van der Waals surface area contributed by atoms with E-state index < -0.39 is 10.0 Å². The van der Waals surface area contributed by atoms with Crippen LogP contribution < -0.4 is 14.8 Å². The van der Waals surface area contributed by atoms with Gasteiger partial charge in [0, 0.05) is 16.5 Å². The summed E-state index contributed by atoms with van der Waals surface area (Å²) >= 11 is 3.44. The minimum Gasteiger partial charge on any atom is -0.493 e. The van der Waals surface area contributed by atoms with Crippen molar-refractivity contribution in [2.45, 2.75) is 19.4 Å². The molecule has 1 atom stereocenters. The van der Waals surface area contributed by atoms with Crippen LogP contribution in [-0.4, -0.2) is 26.7 Å². The van der Waals surface area contributed by atoms with Crippen LogP contribution in [0.5, 0.6) is 5.75 Å². The van der Waals surface area contributed by atoms with E-state index in [9.17, 15) is 13.2 Å². The van der Waals surface area contributed by atoms with E-state index in [0.29, 0.717) is 13.0 Å². The third kappa shape index (κ3) is 4.19. The average Bonchev–Trinajstić information content (AvgIpc) is 2.62. The van der Waals surface area contributed by atoms with Crippen LogP contribution in [0.4, 0.5) is 5.69 Å². The number of hydrogen-bond acceptors (Lipinski definition) is 4. The zero-order chi connectivity index (χ0) is 18.7.